The molecule has 0 unspecified atom stereocenters. The number of nitrogens with zero attached hydrogens (tertiary/aromatic N) is 4. The van der Waals surface area contributed by atoms with Gasteiger partial charge in [0.25, 0.3) is 0 Å². The number of primary amides is 1. The van der Waals surface area contributed by atoms with Crippen molar-refractivity contribution in [3.63, 3.8) is 0 Å². The first-order valence-electron chi connectivity index (χ1n) is 7.67. The highest BCUT2D eigenvalue weighted by Gasteiger charge is 2.29. The summed E-state index contributed by atoms with van der Waals surface area (Å²) in [5.74, 6) is 1.04. The van der Waals surface area contributed by atoms with Crippen LogP contribution < -0.4 is 5.73 Å². The summed E-state index contributed by atoms with van der Waals surface area (Å²) in [4.78, 5) is 25.2. The van der Waals surface area contributed by atoms with Crippen molar-refractivity contribution in [1.29, 1.82) is 0 Å². The van der Waals surface area contributed by atoms with Gasteiger partial charge in [0.1, 0.15) is 5.82 Å². The van der Waals surface area contributed by atoms with Crippen LogP contribution in [0.15, 0.2) is 5.16 Å². The molecule has 1 aromatic heterocycles. The van der Waals surface area contributed by atoms with E-state index >= 15 is 0 Å². The summed E-state index contributed by atoms with van der Waals surface area (Å²) in [6.07, 6.45) is 3.67. The fourth-order valence-corrected chi connectivity index (χ4v) is 3.79. The highest BCUT2D eigenvalue weighted by Crippen LogP contribution is 2.38. The molecule has 0 atom stereocenters. The Hall–Kier alpha value is -1.57. The maximum atomic E-state index is 12.3. The summed E-state index contributed by atoms with van der Waals surface area (Å²) in [5, 5.41) is 9.12. The van der Waals surface area contributed by atoms with Crippen LogP contribution in [0, 0.1) is 12.8 Å². The average molecular weight is 323 g/mol. The predicted molar refractivity (Wildman–Crippen MR) is 82.3 cm³/mol. The normalized spacial score (nSPS) is 19.4. The van der Waals surface area contributed by atoms with Crippen molar-refractivity contribution in [2.75, 3.05) is 18.8 Å². The minimum Gasteiger partial charge on any atom is -0.369 e. The van der Waals surface area contributed by atoms with E-state index < -0.39 is 0 Å². The number of nitrogens with two attached hydrogens (primary N) is 1. The molecule has 2 aliphatic rings. The van der Waals surface area contributed by atoms with E-state index in [1.165, 1.54) is 24.6 Å². The minimum atomic E-state index is -0.255. The summed E-state index contributed by atoms with van der Waals surface area (Å²) in [6.45, 7) is 3.18. The second-order valence-corrected chi connectivity index (χ2v) is 6.92. The summed E-state index contributed by atoms with van der Waals surface area (Å²) in [6, 6.07) is 0.513. The maximum absolute atomic E-state index is 12.3. The van der Waals surface area contributed by atoms with E-state index in [-0.39, 0.29) is 17.7 Å². The molecule has 3 rings (SSSR count). The second-order valence-electron chi connectivity index (χ2n) is 5.98. The van der Waals surface area contributed by atoms with Gasteiger partial charge in [0.15, 0.2) is 5.16 Å². The van der Waals surface area contributed by atoms with E-state index in [4.69, 9.17) is 5.73 Å². The first-order valence-corrected chi connectivity index (χ1v) is 8.66. The fourth-order valence-electron chi connectivity index (χ4n) is 2.83. The number of aromatic nitrogens is 3. The number of hydrogen-bond acceptors (Lipinski definition) is 5. The van der Waals surface area contributed by atoms with Crippen molar-refractivity contribution in [2.45, 2.75) is 43.8 Å². The third-order valence-corrected chi connectivity index (χ3v) is 5.25. The summed E-state index contributed by atoms with van der Waals surface area (Å²) in [5.41, 5.74) is 5.31. The molecule has 2 amide bonds. The van der Waals surface area contributed by atoms with Gasteiger partial charge in [-0.15, -0.1) is 10.2 Å². The number of rotatable bonds is 5. The fraction of sp³-hybridized carbons (Fsp3) is 0.714. The molecule has 8 heteroatoms. The number of piperidine rings is 1. The molecule has 1 aromatic rings. The SMILES string of the molecule is Cc1nnc(SCC(=O)N2CCC(C(N)=O)CC2)n1C1CC1. The van der Waals surface area contributed by atoms with Gasteiger partial charge in [0.2, 0.25) is 11.8 Å². The summed E-state index contributed by atoms with van der Waals surface area (Å²) in [7, 11) is 0. The van der Waals surface area contributed by atoms with Crippen LogP contribution >= 0.6 is 11.8 Å². The van der Waals surface area contributed by atoms with E-state index in [1.54, 1.807) is 0 Å². The number of carbonyl (C=O) groups is 2. The molecule has 0 radical (unpaired) electrons. The first-order chi connectivity index (χ1) is 10.6. The Kier molecular flexibility index (Phi) is 4.37. The zero-order chi connectivity index (χ0) is 15.7. The van der Waals surface area contributed by atoms with E-state index in [1.807, 2.05) is 11.8 Å². The highest BCUT2D eigenvalue weighted by atomic mass is 32.2. The van der Waals surface area contributed by atoms with Crippen LogP contribution in [0.25, 0.3) is 0 Å². The van der Waals surface area contributed by atoms with Crippen LogP contribution in [0.3, 0.4) is 0 Å². The monoisotopic (exact) mass is 323 g/mol. The molecule has 22 heavy (non-hydrogen) atoms. The Morgan fingerprint density at radius 1 is 1.23 bits per heavy atom. The number of aryl methyl sites for hydroxylation is 1. The van der Waals surface area contributed by atoms with Gasteiger partial charge in [-0.25, -0.2) is 0 Å². The smallest absolute Gasteiger partial charge is 0.233 e. The Morgan fingerprint density at radius 2 is 1.91 bits per heavy atom. The standard InChI is InChI=1S/C14H21N5O2S/c1-9-16-17-14(19(9)11-2-3-11)22-8-12(20)18-6-4-10(5-7-18)13(15)21/h10-11H,2-8H2,1H3,(H2,15,21). The third kappa shape index (κ3) is 3.26. The Bertz CT molecular complexity index is 576. The van der Waals surface area contributed by atoms with Gasteiger partial charge >= 0.3 is 0 Å². The molecule has 1 aliphatic carbocycles. The molecule has 2 fully saturated rings. The molecule has 2 N–H and O–H groups in total. The number of amides is 2. The van der Waals surface area contributed by atoms with Gasteiger partial charge in [0.05, 0.1) is 5.75 Å². The highest BCUT2D eigenvalue weighted by molar-refractivity contribution is 7.99. The van der Waals surface area contributed by atoms with Crippen LogP contribution in [0.5, 0.6) is 0 Å². The predicted octanol–water partition coefficient (Wildman–Crippen LogP) is 0.737. The molecule has 7 nitrogen and oxygen atoms in total. The van der Waals surface area contributed by atoms with Gasteiger partial charge in [-0.05, 0) is 32.6 Å². The number of carbonyl (C=O) groups excluding carboxylic acids is 2. The molecule has 0 bridgehead atoms. The zero-order valence-corrected chi connectivity index (χ0v) is 13.5. The Balaban J connectivity index is 1.52. The van der Waals surface area contributed by atoms with E-state index in [9.17, 15) is 9.59 Å². The maximum Gasteiger partial charge on any atom is 0.233 e. The van der Waals surface area contributed by atoms with E-state index in [0.717, 1.165) is 11.0 Å². The van der Waals surface area contributed by atoms with Crippen molar-refractivity contribution in [2.24, 2.45) is 11.7 Å². The molecule has 0 spiro atoms. The van der Waals surface area contributed by atoms with Crippen LogP contribution in [-0.4, -0.2) is 50.3 Å². The van der Waals surface area contributed by atoms with Gasteiger partial charge in [-0.3, -0.25) is 9.59 Å². The molecule has 120 valence electrons. The van der Waals surface area contributed by atoms with Gasteiger partial charge in [-0.2, -0.15) is 0 Å². The zero-order valence-electron chi connectivity index (χ0n) is 12.7. The lowest BCUT2D eigenvalue weighted by Gasteiger charge is -2.30. The van der Waals surface area contributed by atoms with Crippen molar-refractivity contribution in [3.8, 4) is 0 Å². The Morgan fingerprint density at radius 3 is 2.50 bits per heavy atom. The van der Waals surface area contributed by atoms with E-state index in [2.05, 4.69) is 14.8 Å². The Labute approximate surface area is 133 Å². The van der Waals surface area contributed by atoms with Gasteiger partial charge < -0.3 is 15.2 Å². The van der Waals surface area contributed by atoms with Crippen LogP contribution in [0.2, 0.25) is 0 Å². The molecular formula is C14H21N5O2S. The van der Waals surface area contributed by atoms with Crippen molar-refractivity contribution < 1.29 is 9.59 Å². The molecule has 1 saturated heterocycles. The largest absolute Gasteiger partial charge is 0.369 e. The average Bonchev–Trinajstić information content (AvgIpc) is 3.28. The summed E-state index contributed by atoms with van der Waals surface area (Å²) >= 11 is 1.45. The minimum absolute atomic E-state index is 0.0858. The van der Waals surface area contributed by atoms with Gasteiger partial charge in [-0.1, -0.05) is 11.8 Å². The lowest BCUT2D eigenvalue weighted by atomic mass is 9.96. The topological polar surface area (TPSA) is 94.1 Å². The molecular weight excluding hydrogens is 302 g/mol. The summed E-state index contributed by atoms with van der Waals surface area (Å²) < 4.78 is 2.14. The van der Waals surface area contributed by atoms with Gasteiger partial charge in [0, 0.05) is 25.0 Å². The van der Waals surface area contributed by atoms with Crippen LogP contribution in [-0.2, 0) is 9.59 Å². The number of thioether (sulfide) groups is 1. The first kappa shape index (κ1) is 15.3. The molecule has 1 saturated carbocycles. The van der Waals surface area contributed by atoms with E-state index in [0.29, 0.717) is 37.7 Å². The molecule has 2 heterocycles. The third-order valence-electron chi connectivity index (χ3n) is 4.32. The quantitative estimate of drug-likeness (QED) is 0.807. The number of likely N-dealkylation sites (tertiary alicyclic amines) is 1. The lowest BCUT2D eigenvalue weighted by Crippen LogP contribution is -2.42. The molecule has 0 aromatic carbocycles. The van der Waals surface area contributed by atoms with Crippen LogP contribution in [0.4, 0.5) is 0 Å². The van der Waals surface area contributed by atoms with Crippen LogP contribution in [0.1, 0.15) is 37.5 Å². The van der Waals surface area contributed by atoms with Crippen molar-refractivity contribution in [1.82, 2.24) is 19.7 Å². The lowest BCUT2D eigenvalue weighted by molar-refractivity contribution is -0.132. The van der Waals surface area contributed by atoms with Crippen molar-refractivity contribution in [3.05, 3.63) is 5.82 Å². The number of hydrogen-bond donors (Lipinski definition) is 1. The second kappa shape index (κ2) is 6.28. The molecule has 1 aliphatic heterocycles. The van der Waals surface area contributed by atoms with Crippen molar-refractivity contribution >= 4 is 23.6 Å².